The van der Waals surface area contributed by atoms with Gasteiger partial charge in [-0.05, 0) is 0 Å². The first-order valence-corrected chi connectivity index (χ1v) is 5.58. The average Bonchev–Trinajstić information content (AvgIpc) is 2.76. The van der Waals surface area contributed by atoms with Crippen LogP contribution in [0.15, 0.2) is 36.5 Å². The van der Waals surface area contributed by atoms with E-state index >= 15 is 0 Å². The van der Waals surface area contributed by atoms with Crippen molar-refractivity contribution in [3.63, 3.8) is 0 Å². The Morgan fingerprint density at radius 2 is 2.00 bits per heavy atom. The second-order valence-electron chi connectivity index (χ2n) is 4.16. The zero-order valence-corrected chi connectivity index (χ0v) is 9.70. The van der Waals surface area contributed by atoms with Gasteiger partial charge in [0.15, 0.2) is 0 Å². The molecule has 0 aliphatic carbocycles. The summed E-state index contributed by atoms with van der Waals surface area (Å²) in [6, 6.07) is 10.6. The normalized spacial score (nSPS) is 10.9. The van der Waals surface area contributed by atoms with E-state index < -0.39 is 0 Å². The van der Waals surface area contributed by atoms with Gasteiger partial charge in [0, 0.05) is 30.0 Å². The maximum atomic E-state index is 4.37. The number of aromatic amines is 1. The Kier molecular flexibility index (Phi) is 3.37. The third kappa shape index (κ3) is 2.70. The van der Waals surface area contributed by atoms with E-state index in [0.717, 1.165) is 23.6 Å². The lowest BCUT2D eigenvalue weighted by Crippen LogP contribution is -2.21. The number of nitrogens with one attached hydrogen (secondary N) is 2. The molecule has 3 heteroatoms. The minimum absolute atomic E-state index is 0.489. The smallest absolute Gasteiger partial charge is 0.137 e. The predicted octanol–water partition coefficient (Wildman–Crippen LogP) is 2.57. The van der Waals surface area contributed by atoms with Crippen molar-refractivity contribution >= 4 is 0 Å². The Morgan fingerprint density at radius 3 is 2.69 bits per heavy atom. The van der Waals surface area contributed by atoms with Crippen LogP contribution in [-0.2, 0) is 6.54 Å². The number of aromatic nitrogens is 2. The molecule has 2 aromatic rings. The Bertz CT molecular complexity index is 431. The van der Waals surface area contributed by atoms with Crippen molar-refractivity contribution in [2.24, 2.45) is 0 Å². The number of benzene rings is 1. The fourth-order valence-electron chi connectivity index (χ4n) is 1.51. The van der Waals surface area contributed by atoms with Crippen LogP contribution in [0.2, 0.25) is 0 Å². The van der Waals surface area contributed by atoms with Crippen LogP contribution in [0.4, 0.5) is 0 Å². The molecule has 2 rings (SSSR count). The second kappa shape index (κ2) is 4.94. The summed E-state index contributed by atoms with van der Waals surface area (Å²) in [4.78, 5) is 7.68. The molecule has 0 saturated heterocycles. The molecule has 0 aliphatic rings. The highest BCUT2D eigenvalue weighted by molar-refractivity contribution is 5.54. The van der Waals surface area contributed by atoms with Crippen molar-refractivity contribution < 1.29 is 0 Å². The Balaban J connectivity index is 2.08. The first-order chi connectivity index (χ1) is 7.75. The third-order valence-corrected chi connectivity index (χ3v) is 2.38. The van der Waals surface area contributed by atoms with E-state index in [0.29, 0.717) is 6.04 Å². The number of nitrogens with zero attached hydrogens (tertiary/aromatic N) is 1. The highest BCUT2D eigenvalue weighted by atomic mass is 15.0. The maximum Gasteiger partial charge on any atom is 0.137 e. The summed E-state index contributed by atoms with van der Waals surface area (Å²) in [7, 11) is 0. The van der Waals surface area contributed by atoms with Crippen molar-refractivity contribution in [1.82, 2.24) is 15.3 Å². The standard InChI is InChI=1S/C13H17N3/c1-10(2)14-8-12-9-15-13(16-12)11-6-4-3-5-7-11/h3-7,9-10,14H,8H2,1-2H3,(H,15,16). The van der Waals surface area contributed by atoms with Crippen molar-refractivity contribution in [2.75, 3.05) is 0 Å². The van der Waals surface area contributed by atoms with E-state index in [-0.39, 0.29) is 0 Å². The van der Waals surface area contributed by atoms with E-state index in [2.05, 4.69) is 41.3 Å². The lowest BCUT2D eigenvalue weighted by Gasteiger charge is -2.05. The van der Waals surface area contributed by atoms with Crippen LogP contribution in [-0.4, -0.2) is 16.0 Å². The molecular weight excluding hydrogens is 198 g/mol. The predicted molar refractivity (Wildman–Crippen MR) is 66.0 cm³/mol. The molecule has 0 atom stereocenters. The minimum Gasteiger partial charge on any atom is -0.341 e. The Morgan fingerprint density at radius 1 is 1.25 bits per heavy atom. The first-order valence-electron chi connectivity index (χ1n) is 5.58. The quantitative estimate of drug-likeness (QED) is 0.823. The van der Waals surface area contributed by atoms with Crippen molar-refractivity contribution in [2.45, 2.75) is 26.4 Å². The topological polar surface area (TPSA) is 40.7 Å². The lowest BCUT2D eigenvalue weighted by molar-refractivity contribution is 0.583. The van der Waals surface area contributed by atoms with Gasteiger partial charge < -0.3 is 10.3 Å². The van der Waals surface area contributed by atoms with Gasteiger partial charge in [-0.15, -0.1) is 0 Å². The number of H-pyrrole nitrogens is 1. The first kappa shape index (κ1) is 10.9. The van der Waals surface area contributed by atoms with Crippen molar-refractivity contribution in [3.05, 3.63) is 42.2 Å². The summed E-state index contributed by atoms with van der Waals surface area (Å²) < 4.78 is 0. The van der Waals surface area contributed by atoms with Crippen molar-refractivity contribution in [3.8, 4) is 11.4 Å². The Labute approximate surface area is 95.9 Å². The van der Waals surface area contributed by atoms with Crippen molar-refractivity contribution in [1.29, 1.82) is 0 Å². The molecule has 0 spiro atoms. The van der Waals surface area contributed by atoms with Gasteiger partial charge in [0.05, 0.1) is 0 Å². The fourth-order valence-corrected chi connectivity index (χ4v) is 1.51. The molecule has 0 aliphatic heterocycles. The van der Waals surface area contributed by atoms with Gasteiger partial charge in [0.25, 0.3) is 0 Å². The van der Waals surface area contributed by atoms with Crippen LogP contribution in [0.1, 0.15) is 19.5 Å². The highest BCUT2D eigenvalue weighted by Crippen LogP contribution is 2.14. The fraction of sp³-hybridized carbons (Fsp3) is 0.308. The Hall–Kier alpha value is -1.61. The molecule has 0 saturated carbocycles. The number of hydrogen-bond donors (Lipinski definition) is 2. The molecule has 16 heavy (non-hydrogen) atoms. The minimum atomic E-state index is 0.489. The van der Waals surface area contributed by atoms with Gasteiger partial charge in [0.2, 0.25) is 0 Å². The molecular formula is C13H17N3. The van der Waals surface area contributed by atoms with Gasteiger partial charge in [-0.3, -0.25) is 0 Å². The monoisotopic (exact) mass is 215 g/mol. The molecule has 1 aromatic heterocycles. The zero-order valence-electron chi connectivity index (χ0n) is 9.70. The highest BCUT2D eigenvalue weighted by Gasteiger charge is 2.02. The van der Waals surface area contributed by atoms with Crippen LogP contribution >= 0.6 is 0 Å². The lowest BCUT2D eigenvalue weighted by atomic mass is 10.2. The molecule has 1 heterocycles. The summed E-state index contributed by atoms with van der Waals surface area (Å²) in [5.74, 6) is 0.932. The second-order valence-corrected chi connectivity index (χ2v) is 4.16. The van der Waals surface area contributed by atoms with Crippen LogP contribution in [0, 0.1) is 0 Å². The molecule has 1 aromatic carbocycles. The largest absolute Gasteiger partial charge is 0.341 e. The molecule has 0 unspecified atom stereocenters. The third-order valence-electron chi connectivity index (χ3n) is 2.38. The van der Waals surface area contributed by atoms with E-state index in [1.54, 1.807) is 0 Å². The molecule has 84 valence electrons. The van der Waals surface area contributed by atoms with E-state index in [9.17, 15) is 0 Å². The van der Waals surface area contributed by atoms with E-state index in [4.69, 9.17) is 0 Å². The summed E-state index contributed by atoms with van der Waals surface area (Å²) in [6.45, 7) is 5.10. The summed E-state index contributed by atoms with van der Waals surface area (Å²) >= 11 is 0. The molecule has 2 N–H and O–H groups in total. The van der Waals surface area contributed by atoms with E-state index in [1.807, 2.05) is 24.4 Å². The molecule has 0 radical (unpaired) electrons. The molecule has 0 fully saturated rings. The van der Waals surface area contributed by atoms with Gasteiger partial charge in [-0.1, -0.05) is 44.2 Å². The number of hydrogen-bond acceptors (Lipinski definition) is 2. The van der Waals surface area contributed by atoms with Gasteiger partial charge >= 0.3 is 0 Å². The number of imidazole rings is 1. The zero-order chi connectivity index (χ0) is 11.4. The van der Waals surface area contributed by atoms with Crippen LogP contribution in [0.25, 0.3) is 11.4 Å². The summed E-state index contributed by atoms with van der Waals surface area (Å²) in [5, 5.41) is 3.36. The van der Waals surface area contributed by atoms with Gasteiger partial charge in [0.1, 0.15) is 5.82 Å². The number of rotatable bonds is 4. The average molecular weight is 215 g/mol. The molecule has 0 amide bonds. The van der Waals surface area contributed by atoms with Crippen LogP contribution < -0.4 is 5.32 Å². The van der Waals surface area contributed by atoms with E-state index in [1.165, 1.54) is 0 Å². The van der Waals surface area contributed by atoms with Gasteiger partial charge in [-0.25, -0.2) is 4.98 Å². The molecule has 3 nitrogen and oxygen atoms in total. The molecule has 0 bridgehead atoms. The van der Waals surface area contributed by atoms with Crippen LogP contribution in [0.3, 0.4) is 0 Å². The van der Waals surface area contributed by atoms with Gasteiger partial charge in [-0.2, -0.15) is 0 Å². The summed E-state index contributed by atoms with van der Waals surface area (Å²) in [6.07, 6.45) is 1.89. The van der Waals surface area contributed by atoms with Crippen LogP contribution in [0.5, 0.6) is 0 Å². The maximum absolute atomic E-state index is 4.37. The SMILES string of the molecule is CC(C)NCc1cnc(-c2ccccc2)[nH]1. The summed E-state index contributed by atoms with van der Waals surface area (Å²) in [5.41, 5.74) is 2.24.